The molecular formula is C38H46F4N2O11. The molecule has 55 heavy (non-hydrogen) atoms. The number of halogens is 4. The van der Waals surface area contributed by atoms with Crippen molar-refractivity contribution in [2.45, 2.75) is 139 Å². The van der Waals surface area contributed by atoms with E-state index in [1.165, 1.54) is 12.1 Å². The first-order valence-corrected chi connectivity index (χ1v) is 17.9. The number of fused-ring (bicyclic) bond motifs is 2. The molecule has 2 aromatic carbocycles. The zero-order valence-corrected chi connectivity index (χ0v) is 31.7. The third-order valence-corrected chi connectivity index (χ3v) is 9.58. The van der Waals surface area contributed by atoms with E-state index in [0.717, 1.165) is 19.2 Å². The number of amides is 2. The van der Waals surface area contributed by atoms with Crippen molar-refractivity contribution in [2.24, 2.45) is 0 Å². The van der Waals surface area contributed by atoms with Crippen molar-refractivity contribution in [1.82, 2.24) is 10.6 Å². The Labute approximate surface area is 315 Å². The Morgan fingerprint density at radius 2 is 1.15 bits per heavy atom. The normalized spacial score (nSPS) is 30.3. The van der Waals surface area contributed by atoms with E-state index < -0.39 is 132 Å². The molecule has 2 aromatic rings. The Morgan fingerprint density at radius 3 is 1.56 bits per heavy atom. The van der Waals surface area contributed by atoms with E-state index >= 15 is 8.78 Å². The average Bonchev–Trinajstić information content (AvgIpc) is 3.75. The predicted octanol–water partition coefficient (Wildman–Crippen LogP) is 5.19. The van der Waals surface area contributed by atoms with Crippen LogP contribution in [-0.2, 0) is 47.5 Å². The van der Waals surface area contributed by atoms with Gasteiger partial charge in [-0.25, -0.2) is 22.4 Å². The second-order valence-electron chi connectivity index (χ2n) is 15.9. The molecule has 4 aliphatic heterocycles. The Balaban J connectivity index is 1.30. The highest BCUT2D eigenvalue weighted by Gasteiger charge is 2.60. The quantitative estimate of drug-likeness (QED) is 0.242. The Hall–Kier alpha value is -3.87. The lowest BCUT2D eigenvalue weighted by Crippen LogP contribution is -2.54. The fourth-order valence-corrected chi connectivity index (χ4v) is 7.56. The summed E-state index contributed by atoms with van der Waals surface area (Å²) in [4.78, 5) is 40.1. The van der Waals surface area contributed by atoms with Crippen LogP contribution in [0.4, 0.5) is 22.4 Å². The molecule has 302 valence electrons. The van der Waals surface area contributed by atoms with Gasteiger partial charge in [-0.05, 0) is 60.6 Å². The van der Waals surface area contributed by atoms with Crippen molar-refractivity contribution in [3.05, 3.63) is 70.8 Å². The minimum absolute atomic E-state index is 0.0215. The molecule has 4 saturated heterocycles. The summed E-state index contributed by atoms with van der Waals surface area (Å²) < 4.78 is 106. The summed E-state index contributed by atoms with van der Waals surface area (Å²) in [5.41, 5.74) is -0.989. The molecule has 0 aliphatic carbocycles. The molecule has 0 saturated carbocycles. The number of hydrogen-bond donors (Lipinski definition) is 2. The molecule has 4 fully saturated rings. The number of carbonyl (C=O) groups is 3. The van der Waals surface area contributed by atoms with Crippen molar-refractivity contribution in [2.75, 3.05) is 7.11 Å². The zero-order valence-electron chi connectivity index (χ0n) is 31.7. The number of methoxy groups -OCH3 is 1. The molecular weight excluding hydrogens is 736 g/mol. The molecule has 0 bridgehead atoms. The lowest BCUT2D eigenvalue weighted by Gasteiger charge is -2.32. The number of nitrogens with one attached hydrogen (secondary N) is 2. The van der Waals surface area contributed by atoms with E-state index in [4.69, 9.17) is 37.9 Å². The topological polar surface area (TPSA) is 149 Å². The molecule has 2 N–H and O–H groups in total. The van der Waals surface area contributed by atoms with E-state index in [-0.39, 0.29) is 11.1 Å². The highest BCUT2D eigenvalue weighted by molar-refractivity contribution is 5.79. The largest absolute Gasteiger partial charge is 0.469 e. The van der Waals surface area contributed by atoms with E-state index in [2.05, 4.69) is 10.6 Å². The fraction of sp³-hybridized carbons (Fsp3) is 0.605. The van der Waals surface area contributed by atoms with Crippen molar-refractivity contribution >= 4 is 18.0 Å². The maximum absolute atomic E-state index is 15.2. The molecule has 13 nitrogen and oxygen atoms in total. The van der Waals surface area contributed by atoms with Gasteiger partial charge in [-0.2, -0.15) is 0 Å². The van der Waals surface area contributed by atoms with Crippen molar-refractivity contribution in [3.8, 4) is 0 Å². The van der Waals surface area contributed by atoms with Crippen LogP contribution in [-0.4, -0.2) is 91.0 Å². The summed E-state index contributed by atoms with van der Waals surface area (Å²) in [7, 11) is 1.16. The SMILES string of the molecule is COC(=O)C[C@@H](NC(=O)C[C@H](NC(=O)OC(C)(C)C)[C@H]1O[C@@H](c2ccc(F)cc2F)[C@H]2OC(C)(C)O[C@@H]12)[C@H]1O[C@@H](c2ccc(F)cc2F)[C@H]2OC(C)(C)O[C@@H]12. The van der Waals surface area contributed by atoms with Crippen LogP contribution in [0.1, 0.15) is 84.6 Å². The van der Waals surface area contributed by atoms with Crippen molar-refractivity contribution in [1.29, 1.82) is 0 Å². The highest BCUT2D eigenvalue weighted by atomic mass is 19.1. The van der Waals surface area contributed by atoms with Gasteiger partial charge in [-0.1, -0.05) is 12.1 Å². The van der Waals surface area contributed by atoms with Crippen LogP contribution in [0.5, 0.6) is 0 Å². The van der Waals surface area contributed by atoms with E-state index in [9.17, 15) is 23.2 Å². The van der Waals surface area contributed by atoms with Gasteiger partial charge >= 0.3 is 12.1 Å². The number of hydrogen-bond acceptors (Lipinski definition) is 11. The highest BCUT2D eigenvalue weighted by Crippen LogP contribution is 2.48. The van der Waals surface area contributed by atoms with Gasteiger partial charge in [0.1, 0.15) is 77.7 Å². The number of benzene rings is 2. The molecule has 4 heterocycles. The summed E-state index contributed by atoms with van der Waals surface area (Å²) in [5, 5.41) is 5.48. The second kappa shape index (κ2) is 15.2. The molecule has 10 atom stereocenters. The van der Waals surface area contributed by atoms with Gasteiger partial charge in [0.15, 0.2) is 11.6 Å². The maximum atomic E-state index is 15.2. The number of rotatable bonds is 10. The van der Waals surface area contributed by atoms with E-state index in [0.29, 0.717) is 12.1 Å². The van der Waals surface area contributed by atoms with Gasteiger partial charge in [0.25, 0.3) is 0 Å². The predicted molar refractivity (Wildman–Crippen MR) is 182 cm³/mol. The molecule has 0 radical (unpaired) electrons. The first-order chi connectivity index (χ1) is 25.6. The summed E-state index contributed by atoms with van der Waals surface area (Å²) in [6.45, 7) is 11.5. The van der Waals surface area contributed by atoms with Gasteiger partial charge in [-0.15, -0.1) is 0 Å². The second-order valence-corrected chi connectivity index (χ2v) is 15.9. The first-order valence-electron chi connectivity index (χ1n) is 17.9. The number of alkyl carbamates (subject to hydrolysis) is 1. The fourth-order valence-electron chi connectivity index (χ4n) is 7.56. The number of carbonyl (C=O) groups excluding carboxylic acids is 3. The van der Waals surface area contributed by atoms with Crippen molar-refractivity contribution < 1.29 is 69.8 Å². The number of ether oxygens (including phenoxy) is 8. The van der Waals surface area contributed by atoms with Gasteiger partial charge in [0.2, 0.25) is 5.91 Å². The third kappa shape index (κ3) is 9.07. The molecule has 17 heteroatoms. The standard InChI is InChI=1S/C38H46F4N2O11/c1-36(2,3)55-35(47)44-23(29-33-31(51-37(4,5)53-33)27(49-29)19-11-9-17(39)13-21(19)41)15-25(45)43-24(16-26(46)48-8)30-34-32(52-38(6,7)54-34)28(50-30)20-12-10-18(40)14-22(20)42/h9-14,23-24,27-34H,15-16H2,1-8H3,(H,43,45)(H,44,47)/t23-,24+,27-,28-,29+,30+,31+,32+,33-,34-/m0/s1. The van der Waals surface area contributed by atoms with E-state index in [1.54, 1.807) is 48.5 Å². The van der Waals surface area contributed by atoms with Crippen LogP contribution in [0.25, 0.3) is 0 Å². The van der Waals surface area contributed by atoms with Crippen LogP contribution < -0.4 is 10.6 Å². The Bertz CT molecular complexity index is 1790. The Morgan fingerprint density at radius 1 is 0.709 bits per heavy atom. The van der Waals surface area contributed by atoms with Gasteiger partial charge in [0.05, 0.1) is 25.6 Å². The molecule has 0 unspecified atom stereocenters. The summed E-state index contributed by atoms with van der Waals surface area (Å²) >= 11 is 0. The number of esters is 1. The van der Waals surface area contributed by atoms with Gasteiger partial charge in [0, 0.05) is 29.7 Å². The molecule has 2 amide bonds. The minimum atomic E-state index is -1.21. The lowest BCUT2D eigenvalue weighted by molar-refractivity contribution is -0.192. The zero-order chi connectivity index (χ0) is 40.2. The minimum Gasteiger partial charge on any atom is -0.469 e. The van der Waals surface area contributed by atoms with E-state index in [1.807, 2.05) is 0 Å². The van der Waals surface area contributed by atoms with Gasteiger partial charge < -0.3 is 48.5 Å². The van der Waals surface area contributed by atoms with Crippen LogP contribution in [0, 0.1) is 23.3 Å². The van der Waals surface area contributed by atoms with Crippen LogP contribution in [0.3, 0.4) is 0 Å². The van der Waals surface area contributed by atoms with Gasteiger partial charge in [-0.3, -0.25) is 9.59 Å². The average molecular weight is 783 g/mol. The summed E-state index contributed by atoms with van der Waals surface area (Å²) in [5.74, 6) is -7.21. The third-order valence-electron chi connectivity index (χ3n) is 9.58. The van der Waals surface area contributed by atoms with Crippen LogP contribution in [0.2, 0.25) is 0 Å². The maximum Gasteiger partial charge on any atom is 0.407 e. The van der Waals surface area contributed by atoms with Crippen molar-refractivity contribution in [3.63, 3.8) is 0 Å². The van der Waals surface area contributed by atoms with Crippen LogP contribution in [0.15, 0.2) is 36.4 Å². The summed E-state index contributed by atoms with van der Waals surface area (Å²) in [6.07, 6.45) is -10.1. The molecule has 4 aliphatic rings. The monoisotopic (exact) mass is 782 g/mol. The summed E-state index contributed by atoms with van der Waals surface area (Å²) in [6, 6.07) is 3.62. The molecule has 0 spiro atoms. The lowest BCUT2D eigenvalue weighted by atomic mass is 9.95. The first kappa shape index (κ1) is 40.8. The Kier molecular flexibility index (Phi) is 11.3. The molecule has 6 rings (SSSR count). The molecule has 0 aromatic heterocycles. The van der Waals surface area contributed by atoms with Crippen LogP contribution >= 0.6 is 0 Å². The smallest absolute Gasteiger partial charge is 0.407 e.